The van der Waals surface area contributed by atoms with Gasteiger partial charge >= 0.3 is 0 Å². The predicted molar refractivity (Wildman–Crippen MR) is 114 cm³/mol. The number of benzene rings is 1. The second-order valence-electron chi connectivity index (χ2n) is 7.52. The van der Waals surface area contributed by atoms with Crippen molar-refractivity contribution in [3.63, 3.8) is 0 Å². The fourth-order valence-corrected chi connectivity index (χ4v) is 4.30. The number of nitriles is 1. The van der Waals surface area contributed by atoms with Gasteiger partial charge in [-0.1, -0.05) is 42.1 Å². The molecule has 1 fully saturated rings. The van der Waals surface area contributed by atoms with Crippen LogP contribution in [-0.4, -0.2) is 33.4 Å². The zero-order chi connectivity index (χ0) is 21.0. The lowest BCUT2D eigenvalue weighted by atomic mass is 10.1. The SMILES string of the molecule is CC(=O)c1cc(C#N)c(SCC(=O)N(Cc2ccccc2)[C@H](C)C2CC2)nc1C. The van der Waals surface area contributed by atoms with Gasteiger partial charge in [-0.25, -0.2) is 4.98 Å². The van der Waals surface area contributed by atoms with E-state index in [9.17, 15) is 14.9 Å². The summed E-state index contributed by atoms with van der Waals surface area (Å²) in [7, 11) is 0. The minimum absolute atomic E-state index is 0.0391. The standard InChI is InChI=1S/C23H25N3O2S/c1-15-21(17(3)27)11-20(12-24)23(25-15)29-14-22(28)26(16(2)19-9-10-19)13-18-7-5-4-6-8-18/h4-8,11,16,19H,9-10,13-14H2,1-3H3/t16-/m1/s1. The van der Waals surface area contributed by atoms with E-state index in [1.165, 1.54) is 31.5 Å². The maximum Gasteiger partial charge on any atom is 0.233 e. The number of aryl methyl sites for hydroxylation is 1. The van der Waals surface area contributed by atoms with Crippen molar-refractivity contribution in [2.45, 2.75) is 51.2 Å². The molecule has 0 bridgehead atoms. The van der Waals surface area contributed by atoms with Crippen LogP contribution in [-0.2, 0) is 11.3 Å². The van der Waals surface area contributed by atoms with Gasteiger partial charge in [0.1, 0.15) is 11.1 Å². The molecule has 3 rings (SSSR count). The van der Waals surface area contributed by atoms with Crippen LogP contribution in [0.5, 0.6) is 0 Å². The molecule has 1 atom stereocenters. The molecule has 1 aromatic heterocycles. The van der Waals surface area contributed by atoms with E-state index in [0.717, 1.165) is 5.56 Å². The third-order valence-corrected chi connectivity index (χ3v) is 6.30. The lowest BCUT2D eigenvalue weighted by Gasteiger charge is -2.29. The second kappa shape index (κ2) is 9.23. The highest BCUT2D eigenvalue weighted by Crippen LogP contribution is 2.36. The fraction of sp³-hybridized carbons (Fsp3) is 0.391. The monoisotopic (exact) mass is 407 g/mol. The first kappa shape index (κ1) is 21.1. The Labute approximate surface area is 176 Å². The summed E-state index contributed by atoms with van der Waals surface area (Å²) >= 11 is 1.27. The third kappa shape index (κ3) is 5.24. The Balaban J connectivity index is 1.75. The van der Waals surface area contributed by atoms with Gasteiger partial charge in [-0.3, -0.25) is 9.59 Å². The molecule has 6 heteroatoms. The summed E-state index contributed by atoms with van der Waals surface area (Å²) in [6.07, 6.45) is 2.33. The van der Waals surface area contributed by atoms with Crippen LogP contribution < -0.4 is 0 Å². The molecule has 150 valence electrons. The largest absolute Gasteiger partial charge is 0.335 e. The Morgan fingerprint density at radius 2 is 2.00 bits per heavy atom. The van der Waals surface area contributed by atoms with Crippen LogP contribution in [0.1, 0.15) is 53.9 Å². The summed E-state index contributed by atoms with van der Waals surface area (Å²) in [6.45, 7) is 5.91. The zero-order valence-corrected chi connectivity index (χ0v) is 17.8. The first-order valence-electron chi connectivity index (χ1n) is 9.79. The van der Waals surface area contributed by atoms with E-state index in [4.69, 9.17) is 0 Å². The summed E-state index contributed by atoms with van der Waals surface area (Å²) in [5, 5.41) is 9.95. The van der Waals surface area contributed by atoms with Crippen molar-refractivity contribution in [2.75, 3.05) is 5.75 Å². The summed E-state index contributed by atoms with van der Waals surface area (Å²) in [5.41, 5.74) is 2.48. The molecule has 1 heterocycles. The lowest BCUT2D eigenvalue weighted by Crippen LogP contribution is -2.40. The van der Waals surface area contributed by atoms with Gasteiger partial charge in [0.15, 0.2) is 5.78 Å². The quantitative estimate of drug-likeness (QED) is 0.479. The number of amides is 1. The summed E-state index contributed by atoms with van der Waals surface area (Å²) in [6, 6.07) is 13.9. The van der Waals surface area contributed by atoms with Crippen LogP contribution >= 0.6 is 11.8 Å². The van der Waals surface area contributed by atoms with Gasteiger partial charge in [0.25, 0.3) is 0 Å². The van der Waals surface area contributed by atoms with E-state index in [-0.39, 0.29) is 23.5 Å². The number of ketones is 1. The topological polar surface area (TPSA) is 74.1 Å². The number of nitrogens with zero attached hydrogens (tertiary/aromatic N) is 3. The van der Waals surface area contributed by atoms with Gasteiger partial charge < -0.3 is 4.90 Å². The average molecular weight is 408 g/mol. The van der Waals surface area contributed by atoms with Crippen molar-refractivity contribution in [1.29, 1.82) is 5.26 Å². The van der Waals surface area contributed by atoms with E-state index >= 15 is 0 Å². The molecule has 0 aliphatic heterocycles. The first-order valence-corrected chi connectivity index (χ1v) is 10.8. The molecule has 1 aromatic carbocycles. The Morgan fingerprint density at radius 3 is 2.59 bits per heavy atom. The molecule has 1 amide bonds. The average Bonchev–Trinajstić information content (AvgIpc) is 3.55. The molecule has 0 unspecified atom stereocenters. The number of Topliss-reactive ketones (excluding diaryl/α,β-unsaturated/α-hetero) is 1. The molecular weight excluding hydrogens is 382 g/mol. The van der Waals surface area contributed by atoms with Crippen molar-refractivity contribution >= 4 is 23.5 Å². The fourth-order valence-electron chi connectivity index (χ4n) is 3.42. The Morgan fingerprint density at radius 1 is 1.31 bits per heavy atom. The summed E-state index contributed by atoms with van der Waals surface area (Å²) < 4.78 is 0. The molecule has 0 radical (unpaired) electrons. The Bertz CT molecular complexity index is 949. The van der Waals surface area contributed by atoms with Crippen LogP contribution in [0, 0.1) is 24.2 Å². The van der Waals surface area contributed by atoms with Gasteiger partial charge in [-0.05, 0) is 51.2 Å². The molecular formula is C23H25N3O2S. The normalized spacial score (nSPS) is 14.1. The molecule has 1 aliphatic rings. The maximum absolute atomic E-state index is 13.1. The van der Waals surface area contributed by atoms with E-state index in [1.54, 1.807) is 13.0 Å². The van der Waals surface area contributed by atoms with Gasteiger partial charge in [-0.2, -0.15) is 5.26 Å². The van der Waals surface area contributed by atoms with Crippen molar-refractivity contribution in [1.82, 2.24) is 9.88 Å². The molecule has 0 saturated heterocycles. The van der Waals surface area contributed by atoms with Crippen LogP contribution in [0.4, 0.5) is 0 Å². The number of aromatic nitrogens is 1. The summed E-state index contributed by atoms with van der Waals surface area (Å²) in [4.78, 5) is 31.2. The number of carbonyl (C=O) groups is 2. The van der Waals surface area contributed by atoms with Crippen molar-refractivity contribution in [3.05, 3.63) is 58.8 Å². The minimum Gasteiger partial charge on any atom is -0.335 e. The molecule has 29 heavy (non-hydrogen) atoms. The summed E-state index contributed by atoms with van der Waals surface area (Å²) in [5.74, 6) is 0.700. The second-order valence-corrected chi connectivity index (χ2v) is 8.48. The van der Waals surface area contributed by atoms with Crippen molar-refractivity contribution in [3.8, 4) is 6.07 Å². The molecule has 1 saturated carbocycles. The van der Waals surface area contributed by atoms with Gasteiger partial charge in [0.05, 0.1) is 11.3 Å². The zero-order valence-electron chi connectivity index (χ0n) is 17.0. The van der Waals surface area contributed by atoms with E-state index < -0.39 is 0 Å². The van der Waals surface area contributed by atoms with E-state index in [0.29, 0.717) is 34.3 Å². The Kier molecular flexibility index (Phi) is 6.71. The third-order valence-electron chi connectivity index (χ3n) is 5.32. The van der Waals surface area contributed by atoms with Gasteiger partial charge in [0, 0.05) is 23.8 Å². The molecule has 0 N–H and O–H groups in total. The number of hydrogen-bond acceptors (Lipinski definition) is 5. The highest BCUT2D eigenvalue weighted by Gasteiger charge is 2.34. The molecule has 0 spiro atoms. The van der Waals surface area contributed by atoms with Gasteiger partial charge in [-0.15, -0.1) is 0 Å². The maximum atomic E-state index is 13.1. The highest BCUT2D eigenvalue weighted by molar-refractivity contribution is 8.00. The van der Waals surface area contributed by atoms with Crippen molar-refractivity contribution in [2.24, 2.45) is 5.92 Å². The number of pyridine rings is 1. The van der Waals surface area contributed by atoms with Crippen LogP contribution in [0.25, 0.3) is 0 Å². The van der Waals surface area contributed by atoms with Crippen LogP contribution in [0.3, 0.4) is 0 Å². The van der Waals surface area contributed by atoms with Gasteiger partial charge in [0.2, 0.25) is 5.91 Å². The smallest absolute Gasteiger partial charge is 0.233 e. The highest BCUT2D eigenvalue weighted by atomic mass is 32.2. The number of hydrogen-bond donors (Lipinski definition) is 0. The van der Waals surface area contributed by atoms with Crippen LogP contribution in [0.15, 0.2) is 41.4 Å². The molecule has 1 aliphatic carbocycles. The molecule has 2 aromatic rings. The first-order chi connectivity index (χ1) is 13.9. The Hall–Kier alpha value is -2.65. The van der Waals surface area contributed by atoms with Crippen LogP contribution in [0.2, 0.25) is 0 Å². The van der Waals surface area contributed by atoms with Crippen molar-refractivity contribution < 1.29 is 9.59 Å². The van der Waals surface area contributed by atoms with E-state index in [1.807, 2.05) is 35.2 Å². The lowest BCUT2D eigenvalue weighted by molar-refractivity contribution is -0.131. The minimum atomic E-state index is -0.119. The predicted octanol–water partition coefficient (Wildman–Crippen LogP) is 4.38. The number of rotatable bonds is 8. The molecule has 5 nitrogen and oxygen atoms in total. The number of carbonyl (C=O) groups excluding carboxylic acids is 2. The van der Waals surface area contributed by atoms with E-state index in [2.05, 4.69) is 18.0 Å². The number of thioether (sulfide) groups is 1.